The minimum atomic E-state index is -0.172. The van der Waals surface area contributed by atoms with Crippen LogP contribution in [0.15, 0.2) is 77.3 Å². The number of carbonyl (C=O) groups excluding carboxylic acids is 2. The van der Waals surface area contributed by atoms with E-state index in [1.807, 2.05) is 72.5 Å². The number of rotatable bonds is 4. The van der Waals surface area contributed by atoms with Crippen LogP contribution in [-0.4, -0.2) is 17.6 Å². The number of aryl methyl sites for hydroxylation is 1. The molecule has 1 N–H and O–H groups in total. The molecular formula is C23H19BrN2O2S. The Balaban J connectivity index is 1.58. The molecule has 3 aromatic carbocycles. The molecule has 1 fully saturated rings. The predicted molar refractivity (Wildman–Crippen MR) is 122 cm³/mol. The van der Waals surface area contributed by atoms with Crippen LogP contribution >= 0.6 is 27.7 Å². The van der Waals surface area contributed by atoms with Crippen LogP contribution in [0, 0.1) is 6.92 Å². The van der Waals surface area contributed by atoms with Gasteiger partial charge in [0, 0.05) is 21.4 Å². The van der Waals surface area contributed by atoms with Crippen molar-refractivity contribution in [3.63, 3.8) is 0 Å². The second kappa shape index (κ2) is 8.43. The SMILES string of the molecule is Cc1ccc(N2C(=O)CSC2c2cccc(NC(=O)c3cccc(Br)c3)c2)cc1. The van der Waals surface area contributed by atoms with E-state index < -0.39 is 0 Å². The summed E-state index contributed by atoms with van der Waals surface area (Å²) in [5.74, 6) is 0.356. The monoisotopic (exact) mass is 466 g/mol. The zero-order valence-electron chi connectivity index (χ0n) is 15.8. The first-order valence-corrected chi connectivity index (χ1v) is 11.0. The lowest BCUT2D eigenvalue weighted by Crippen LogP contribution is -2.27. The third-order valence-electron chi connectivity index (χ3n) is 4.70. The van der Waals surface area contributed by atoms with Gasteiger partial charge in [-0.3, -0.25) is 14.5 Å². The van der Waals surface area contributed by atoms with Gasteiger partial charge in [0.15, 0.2) is 0 Å². The summed E-state index contributed by atoms with van der Waals surface area (Å²) in [4.78, 5) is 27.0. The van der Waals surface area contributed by atoms with Gasteiger partial charge in [-0.05, 0) is 55.0 Å². The molecule has 4 rings (SSSR count). The van der Waals surface area contributed by atoms with E-state index in [-0.39, 0.29) is 17.2 Å². The summed E-state index contributed by atoms with van der Waals surface area (Å²) >= 11 is 4.98. The van der Waals surface area contributed by atoms with Gasteiger partial charge in [-0.25, -0.2) is 0 Å². The third-order valence-corrected chi connectivity index (χ3v) is 6.40. The molecule has 1 heterocycles. The fourth-order valence-corrected chi connectivity index (χ4v) is 4.82. The Morgan fingerprint density at radius 1 is 1.07 bits per heavy atom. The van der Waals surface area contributed by atoms with E-state index in [0.717, 1.165) is 21.3 Å². The van der Waals surface area contributed by atoms with Gasteiger partial charge in [-0.1, -0.05) is 51.8 Å². The quantitative estimate of drug-likeness (QED) is 0.529. The van der Waals surface area contributed by atoms with Crippen LogP contribution in [0.2, 0.25) is 0 Å². The lowest BCUT2D eigenvalue weighted by atomic mass is 10.1. The number of amides is 2. The fourth-order valence-electron chi connectivity index (χ4n) is 3.26. The van der Waals surface area contributed by atoms with Crippen molar-refractivity contribution < 1.29 is 9.59 Å². The zero-order chi connectivity index (χ0) is 20.4. The Kier molecular flexibility index (Phi) is 5.74. The fraction of sp³-hybridized carbons (Fsp3) is 0.130. The minimum absolute atomic E-state index is 0.0902. The van der Waals surface area contributed by atoms with E-state index in [0.29, 0.717) is 17.0 Å². The summed E-state index contributed by atoms with van der Waals surface area (Å²) < 4.78 is 0.855. The van der Waals surface area contributed by atoms with Crippen LogP contribution < -0.4 is 10.2 Å². The van der Waals surface area contributed by atoms with Crippen molar-refractivity contribution in [1.82, 2.24) is 0 Å². The first kappa shape index (κ1) is 19.7. The van der Waals surface area contributed by atoms with Gasteiger partial charge >= 0.3 is 0 Å². The minimum Gasteiger partial charge on any atom is -0.322 e. The van der Waals surface area contributed by atoms with Crippen LogP contribution in [0.25, 0.3) is 0 Å². The van der Waals surface area contributed by atoms with Crippen molar-refractivity contribution in [3.8, 4) is 0 Å². The van der Waals surface area contributed by atoms with Gasteiger partial charge in [0.25, 0.3) is 5.91 Å². The average molecular weight is 467 g/mol. The van der Waals surface area contributed by atoms with Gasteiger partial charge in [-0.2, -0.15) is 0 Å². The molecule has 1 saturated heterocycles. The van der Waals surface area contributed by atoms with Crippen molar-refractivity contribution in [1.29, 1.82) is 0 Å². The summed E-state index contributed by atoms with van der Waals surface area (Å²) in [6.07, 6.45) is 0. The number of benzene rings is 3. The molecule has 0 aliphatic carbocycles. The molecule has 0 spiro atoms. The first-order valence-electron chi connectivity index (χ1n) is 9.18. The Hall–Kier alpha value is -2.57. The molecule has 0 saturated carbocycles. The molecule has 3 aromatic rings. The number of hydrogen-bond donors (Lipinski definition) is 1. The molecule has 1 unspecified atom stereocenters. The summed E-state index contributed by atoms with van der Waals surface area (Å²) in [6.45, 7) is 2.03. The molecule has 2 amide bonds. The normalized spacial score (nSPS) is 16.1. The van der Waals surface area contributed by atoms with E-state index >= 15 is 0 Å². The standard InChI is InChI=1S/C23H19BrN2O2S/c1-15-8-10-20(11-9-15)26-21(27)14-29-23(26)17-5-3-7-19(13-17)25-22(28)16-4-2-6-18(24)12-16/h2-13,23H,14H2,1H3,(H,25,28). The number of anilines is 2. The Morgan fingerprint density at radius 3 is 2.59 bits per heavy atom. The average Bonchev–Trinajstić information content (AvgIpc) is 3.10. The van der Waals surface area contributed by atoms with Crippen molar-refractivity contribution >= 4 is 50.9 Å². The van der Waals surface area contributed by atoms with E-state index in [1.165, 1.54) is 0 Å². The number of thioether (sulfide) groups is 1. The second-order valence-corrected chi connectivity index (χ2v) is 8.84. The molecular weight excluding hydrogens is 448 g/mol. The predicted octanol–water partition coefficient (Wildman–Crippen LogP) is 5.79. The molecule has 0 bridgehead atoms. The van der Waals surface area contributed by atoms with E-state index in [1.54, 1.807) is 23.9 Å². The first-order chi connectivity index (χ1) is 14.0. The maximum Gasteiger partial charge on any atom is 0.255 e. The second-order valence-electron chi connectivity index (χ2n) is 6.85. The molecule has 6 heteroatoms. The maximum atomic E-state index is 12.6. The Labute approximate surface area is 182 Å². The number of halogens is 1. The number of nitrogens with one attached hydrogen (secondary N) is 1. The van der Waals surface area contributed by atoms with Crippen LogP contribution in [0.1, 0.15) is 26.9 Å². The highest BCUT2D eigenvalue weighted by Crippen LogP contribution is 2.42. The van der Waals surface area contributed by atoms with E-state index in [4.69, 9.17) is 0 Å². The third kappa shape index (κ3) is 4.38. The maximum absolute atomic E-state index is 12.6. The molecule has 1 atom stereocenters. The summed E-state index contributed by atoms with van der Waals surface area (Å²) in [7, 11) is 0. The number of carbonyl (C=O) groups is 2. The largest absolute Gasteiger partial charge is 0.322 e. The van der Waals surface area contributed by atoms with Crippen molar-refractivity contribution in [3.05, 3.63) is 94.0 Å². The van der Waals surface area contributed by atoms with Crippen LogP contribution in [0.3, 0.4) is 0 Å². The summed E-state index contributed by atoms with van der Waals surface area (Å²) in [6, 6.07) is 22.9. The van der Waals surface area contributed by atoms with Crippen molar-refractivity contribution in [2.75, 3.05) is 16.0 Å². The smallest absolute Gasteiger partial charge is 0.255 e. The highest BCUT2D eigenvalue weighted by molar-refractivity contribution is 9.10. The van der Waals surface area contributed by atoms with Gasteiger partial charge in [0.05, 0.1) is 5.75 Å². The van der Waals surface area contributed by atoms with E-state index in [9.17, 15) is 9.59 Å². The van der Waals surface area contributed by atoms with Crippen molar-refractivity contribution in [2.45, 2.75) is 12.3 Å². The van der Waals surface area contributed by atoms with Crippen LogP contribution in [0.4, 0.5) is 11.4 Å². The van der Waals surface area contributed by atoms with Crippen LogP contribution in [0.5, 0.6) is 0 Å². The molecule has 29 heavy (non-hydrogen) atoms. The summed E-state index contributed by atoms with van der Waals surface area (Å²) in [5, 5.41) is 2.83. The molecule has 4 nitrogen and oxygen atoms in total. The van der Waals surface area contributed by atoms with Gasteiger partial charge in [0.2, 0.25) is 5.91 Å². The lowest BCUT2D eigenvalue weighted by molar-refractivity contribution is -0.115. The molecule has 1 aliphatic rings. The zero-order valence-corrected chi connectivity index (χ0v) is 18.2. The molecule has 1 aliphatic heterocycles. The topological polar surface area (TPSA) is 49.4 Å². The van der Waals surface area contributed by atoms with Crippen molar-refractivity contribution in [2.24, 2.45) is 0 Å². The van der Waals surface area contributed by atoms with Gasteiger partial charge in [-0.15, -0.1) is 11.8 Å². The summed E-state index contributed by atoms with van der Waals surface area (Å²) in [5.41, 5.74) is 4.31. The highest BCUT2D eigenvalue weighted by Gasteiger charge is 2.34. The van der Waals surface area contributed by atoms with Crippen LogP contribution in [-0.2, 0) is 4.79 Å². The molecule has 0 radical (unpaired) electrons. The number of nitrogens with zero attached hydrogens (tertiary/aromatic N) is 1. The van der Waals surface area contributed by atoms with Gasteiger partial charge in [0.1, 0.15) is 5.37 Å². The number of hydrogen-bond acceptors (Lipinski definition) is 3. The Morgan fingerprint density at radius 2 is 1.83 bits per heavy atom. The lowest BCUT2D eigenvalue weighted by Gasteiger charge is -2.25. The van der Waals surface area contributed by atoms with Gasteiger partial charge < -0.3 is 5.32 Å². The highest BCUT2D eigenvalue weighted by atomic mass is 79.9. The molecule has 0 aromatic heterocycles. The molecule has 146 valence electrons. The Bertz CT molecular complexity index is 1070. The van der Waals surface area contributed by atoms with E-state index in [2.05, 4.69) is 21.2 Å².